The number of benzene rings is 1. The normalized spacial score (nSPS) is 10.9. The molecule has 0 spiro atoms. The Labute approximate surface area is 132 Å². The Morgan fingerprint density at radius 3 is 2.86 bits per heavy atom. The van der Waals surface area contributed by atoms with Crippen molar-refractivity contribution in [3.63, 3.8) is 0 Å². The lowest BCUT2D eigenvalue weighted by Crippen LogP contribution is -2.24. The largest absolute Gasteiger partial charge is 0.337 e. The van der Waals surface area contributed by atoms with Crippen LogP contribution < -0.4 is 11.2 Å². The van der Waals surface area contributed by atoms with Gasteiger partial charge in [0.15, 0.2) is 0 Å². The molecule has 0 fully saturated rings. The Morgan fingerprint density at radius 1 is 1.59 bits per heavy atom. The first kappa shape index (κ1) is 17.7. The maximum atomic E-state index is 12.1. The van der Waals surface area contributed by atoms with E-state index in [1.165, 1.54) is 0 Å². The third-order valence-electron chi connectivity index (χ3n) is 2.85. The Balaban J connectivity index is 0.00000116. The second kappa shape index (κ2) is 8.79. The number of hydrogen-bond donors (Lipinski definition) is 3. The van der Waals surface area contributed by atoms with E-state index in [0.717, 1.165) is 0 Å². The van der Waals surface area contributed by atoms with E-state index in [0.29, 0.717) is 22.8 Å². The van der Waals surface area contributed by atoms with Crippen molar-refractivity contribution in [2.75, 3.05) is 5.32 Å². The van der Waals surface area contributed by atoms with E-state index >= 15 is 0 Å². The lowest BCUT2D eigenvalue weighted by atomic mass is 10.1. The molecule has 22 heavy (non-hydrogen) atoms. The highest BCUT2D eigenvalue weighted by Crippen LogP contribution is 2.20. The zero-order valence-corrected chi connectivity index (χ0v) is 12.7. The van der Waals surface area contributed by atoms with Gasteiger partial charge in [0, 0.05) is 24.6 Å². The summed E-state index contributed by atoms with van der Waals surface area (Å²) >= 11 is 5.92. The Bertz CT molecular complexity index is 652. The standard InChI is InChI=1S/C14H13ClN4O.H3NO/c1-10(8-19-5-4-17-9-19)14(20)18-12-3-2-11(7-16)13(15)6-12;1-2/h2-6,9-10H,8H2,1H3,(H,18,20);2H,1H2/t10-;/m1./s1. The van der Waals surface area contributed by atoms with Gasteiger partial charge in [0.1, 0.15) is 6.07 Å². The second-order valence-corrected chi connectivity index (χ2v) is 4.86. The molecular weight excluding hydrogens is 306 g/mol. The Hall–Kier alpha value is -2.40. The molecule has 0 bridgehead atoms. The van der Waals surface area contributed by atoms with E-state index < -0.39 is 0 Å². The summed E-state index contributed by atoms with van der Waals surface area (Å²) in [6.45, 7) is 2.39. The molecule has 1 atom stereocenters. The molecule has 0 unspecified atom stereocenters. The van der Waals surface area contributed by atoms with Crippen LogP contribution in [0.25, 0.3) is 0 Å². The maximum absolute atomic E-state index is 12.1. The minimum atomic E-state index is -0.210. The minimum Gasteiger partial charge on any atom is -0.337 e. The van der Waals surface area contributed by atoms with Crippen molar-refractivity contribution in [1.82, 2.24) is 9.55 Å². The number of nitrogens with two attached hydrogens (primary N) is 1. The lowest BCUT2D eigenvalue weighted by Gasteiger charge is -2.13. The molecule has 1 aromatic carbocycles. The number of hydrogen-bond acceptors (Lipinski definition) is 5. The van der Waals surface area contributed by atoms with Crippen molar-refractivity contribution in [3.05, 3.63) is 47.5 Å². The number of nitrogens with one attached hydrogen (secondary N) is 1. The molecule has 2 rings (SSSR count). The molecule has 0 aliphatic carbocycles. The summed E-state index contributed by atoms with van der Waals surface area (Å²) in [6.07, 6.45) is 5.15. The maximum Gasteiger partial charge on any atom is 0.229 e. The summed E-state index contributed by atoms with van der Waals surface area (Å²) in [6, 6.07) is 6.79. The van der Waals surface area contributed by atoms with E-state index in [4.69, 9.17) is 22.1 Å². The van der Waals surface area contributed by atoms with E-state index in [1.807, 2.05) is 23.8 Å². The third-order valence-corrected chi connectivity index (χ3v) is 3.16. The average Bonchev–Trinajstić information content (AvgIpc) is 3.02. The second-order valence-electron chi connectivity index (χ2n) is 4.46. The number of aromatic nitrogens is 2. The van der Waals surface area contributed by atoms with Crippen LogP contribution in [0.5, 0.6) is 0 Å². The number of rotatable bonds is 4. The topological polar surface area (TPSA) is 117 Å². The van der Waals surface area contributed by atoms with Crippen molar-refractivity contribution in [1.29, 1.82) is 5.26 Å². The predicted molar refractivity (Wildman–Crippen MR) is 82.2 cm³/mol. The van der Waals surface area contributed by atoms with Crippen molar-refractivity contribution < 1.29 is 10.0 Å². The van der Waals surface area contributed by atoms with Crippen LogP contribution in [0.1, 0.15) is 12.5 Å². The molecule has 4 N–H and O–H groups in total. The number of halogens is 1. The molecule has 8 heteroatoms. The fourth-order valence-corrected chi connectivity index (χ4v) is 1.97. The molecular formula is C14H16ClN5O2. The van der Waals surface area contributed by atoms with Crippen LogP contribution in [0.2, 0.25) is 5.02 Å². The van der Waals surface area contributed by atoms with E-state index in [2.05, 4.69) is 16.2 Å². The van der Waals surface area contributed by atoms with Gasteiger partial charge in [-0.15, -0.1) is 0 Å². The van der Waals surface area contributed by atoms with Crippen LogP contribution in [0.3, 0.4) is 0 Å². The van der Waals surface area contributed by atoms with Gasteiger partial charge in [-0.1, -0.05) is 18.5 Å². The highest BCUT2D eigenvalue weighted by molar-refractivity contribution is 6.32. The van der Waals surface area contributed by atoms with Crippen LogP contribution in [0.15, 0.2) is 36.9 Å². The van der Waals surface area contributed by atoms with Gasteiger partial charge in [-0.2, -0.15) is 5.26 Å². The van der Waals surface area contributed by atoms with Crippen molar-refractivity contribution in [2.45, 2.75) is 13.5 Å². The molecule has 2 aromatic rings. The molecule has 0 saturated carbocycles. The SMILES string of the molecule is C[C@H](Cn1ccnc1)C(=O)Nc1ccc(C#N)c(Cl)c1.NO. The first-order chi connectivity index (χ1) is 10.6. The van der Waals surface area contributed by atoms with Crippen molar-refractivity contribution in [3.8, 4) is 6.07 Å². The van der Waals surface area contributed by atoms with Gasteiger partial charge >= 0.3 is 0 Å². The van der Waals surface area contributed by atoms with Crippen LogP contribution in [-0.2, 0) is 11.3 Å². The minimum absolute atomic E-state index is 0.112. The van der Waals surface area contributed by atoms with Crippen LogP contribution in [0, 0.1) is 17.2 Å². The predicted octanol–water partition coefficient (Wildman–Crippen LogP) is 2.02. The molecule has 0 aliphatic heterocycles. The molecule has 116 valence electrons. The molecule has 1 aromatic heterocycles. The van der Waals surface area contributed by atoms with E-state index in [-0.39, 0.29) is 11.8 Å². The molecule has 0 radical (unpaired) electrons. The first-order valence-electron chi connectivity index (χ1n) is 6.32. The van der Waals surface area contributed by atoms with Gasteiger partial charge in [-0.3, -0.25) is 4.79 Å². The summed E-state index contributed by atoms with van der Waals surface area (Å²) in [5.41, 5.74) is 0.965. The summed E-state index contributed by atoms with van der Waals surface area (Å²) in [5, 5.41) is 18.4. The number of nitriles is 1. The number of amides is 1. The van der Waals surface area contributed by atoms with Gasteiger partial charge in [0.25, 0.3) is 0 Å². The lowest BCUT2D eigenvalue weighted by molar-refractivity contribution is -0.119. The molecule has 1 heterocycles. The average molecular weight is 322 g/mol. The van der Waals surface area contributed by atoms with Crippen molar-refractivity contribution >= 4 is 23.2 Å². The number of imidazole rings is 1. The van der Waals surface area contributed by atoms with Gasteiger partial charge in [-0.25, -0.2) is 10.9 Å². The van der Waals surface area contributed by atoms with Crippen LogP contribution in [-0.4, -0.2) is 20.7 Å². The summed E-state index contributed by atoms with van der Waals surface area (Å²) in [7, 11) is 0. The summed E-state index contributed by atoms with van der Waals surface area (Å²) < 4.78 is 1.84. The number of carbonyl (C=O) groups is 1. The first-order valence-corrected chi connectivity index (χ1v) is 6.70. The van der Waals surface area contributed by atoms with Crippen LogP contribution in [0.4, 0.5) is 5.69 Å². The zero-order chi connectivity index (χ0) is 16.5. The third kappa shape index (κ3) is 4.86. The van der Waals surface area contributed by atoms with Gasteiger partial charge in [0.05, 0.1) is 22.8 Å². The monoisotopic (exact) mass is 321 g/mol. The van der Waals surface area contributed by atoms with Gasteiger partial charge in [-0.05, 0) is 18.2 Å². The molecule has 0 saturated heterocycles. The van der Waals surface area contributed by atoms with Gasteiger partial charge < -0.3 is 15.1 Å². The summed E-state index contributed by atoms with van der Waals surface area (Å²) in [4.78, 5) is 16.0. The van der Waals surface area contributed by atoms with E-state index in [9.17, 15) is 4.79 Å². The fraction of sp³-hybridized carbons (Fsp3) is 0.214. The quantitative estimate of drug-likeness (QED) is 0.745. The smallest absolute Gasteiger partial charge is 0.229 e. The molecule has 0 aliphatic rings. The summed E-state index contributed by atoms with van der Waals surface area (Å²) in [5.74, 6) is 3.18. The molecule has 7 nitrogen and oxygen atoms in total. The van der Waals surface area contributed by atoms with E-state index in [1.54, 1.807) is 30.7 Å². The zero-order valence-electron chi connectivity index (χ0n) is 11.9. The van der Waals surface area contributed by atoms with Crippen LogP contribution >= 0.6 is 11.6 Å². The highest BCUT2D eigenvalue weighted by Gasteiger charge is 2.14. The molecule has 1 amide bonds. The van der Waals surface area contributed by atoms with Gasteiger partial charge in [0.2, 0.25) is 5.91 Å². The number of nitrogens with zero attached hydrogens (tertiary/aromatic N) is 3. The Kier molecular flexibility index (Phi) is 7.05. The highest BCUT2D eigenvalue weighted by atomic mass is 35.5. The number of carbonyl (C=O) groups excluding carboxylic acids is 1. The number of anilines is 1. The Morgan fingerprint density at radius 2 is 2.32 bits per heavy atom. The van der Waals surface area contributed by atoms with Crippen molar-refractivity contribution in [2.24, 2.45) is 11.8 Å². The fourth-order valence-electron chi connectivity index (χ4n) is 1.74.